The number of carbonyl (C=O) groups excluding carboxylic acids is 2. The van der Waals surface area contributed by atoms with E-state index in [1.807, 2.05) is 18.2 Å². The van der Waals surface area contributed by atoms with Gasteiger partial charge in [0.2, 0.25) is 0 Å². The van der Waals surface area contributed by atoms with Crippen LogP contribution in [0.25, 0.3) is 5.69 Å². The zero-order chi connectivity index (χ0) is 21.0. The fourth-order valence-corrected chi connectivity index (χ4v) is 5.81. The van der Waals surface area contributed by atoms with Crippen LogP contribution in [0.3, 0.4) is 0 Å². The van der Waals surface area contributed by atoms with Gasteiger partial charge in [-0.3, -0.25) is 14.5 Å². The van der Waals surface area contributed by atoms with Gasteiger partial charge in [0.05, 0.1) is 34.9 Å². The molecule has 2 bridgehead atoms. The standard InChI is InChI=1S/C23H16N4O4/c28-20-13-8-4-5-9-14(13)21(29)25(20)19-17-15-10-11-16(18(17)19)27-23(31)24(22(30)26(15)27)12-6-2-1-3-7-12/h1-11,15-19H/t15-,16+,17+,18-,19?. The van der Waals surface area contributed by atoms with Crippen molar-refractivity contribution in [2.24, 2.45) is 11.8 Å². The Morgan fingerprint density at radius 3 is 1.61 bits per heavy atom. The molecule has 152 valence electrons. The Hall–Kier alpha value is -3.94. The molecule has 2 aliphatic carbocycles. The summed E-state index contributed by atoms with van der Waals surface area (Å²) >= 11 is 0. The number of allylic oxidation sites excluding steroid dienone is 2. The first kappa shape index (κ1) is 16.8. The molecule has 8 heteroatoms. The lowest BCUT2D eigenvalue weighted by molar-refractivity contribution is 0.0626. The Morgan fingerprint density at radius 1 is 0.613 bits per heavy atom. The van der Waals surface area contributed by atoms with Crippen LogP contribution in [0.4, 0.5) is 0 Å². The molecule has 31 heavy (non-hydrogen) atoms. The van der Waals surface area contributed by atoms with Gasteiger partial charge in [-0.2, -0.15) is 0 Å². The Morgan fingerprint density at radius 2 is 1.10 bits per heavy atom. The molecule has 8 rings (SSSR count). The lowest BCUT2D eigenvalue weighted by atomic mass is 9.96. The monoisotopic (exact) mass is 412 g/mol. The zero-order valence-electron chi connectivity index (χ0n) is 16.2. The maximum atomic E-state index is 13.2. The van der Waals surface area contributed by atoms with Gasteiger partial charge in [0, 0.05) is 11.8 Å². The molecule has 4 heterocycles. The summed E-state index contributed by atoms with van der Waals surface area (Å²) in [6, 6.07) is 14.6. The molecular formula is C23H16N4O4. The zero-order valence-corrected chi connectivity index (χ0v) is 16.2. The molecule has 3 aliphatic heterocycles. The van der Waals surface area contributed by atoms with Gasteiger partial charge in [-0.25, -0.2) is 23.5 Å². The molecule has 0 radical (unpaired) electrons. The number of benzene rings is 2. The molecule has 0 spiro atoms. The minimum atomic E-state index is -0.401. The molecule has 2 aromatic carbocycles. The normalized spacial score (nSPS) is 29.2. The van der Waals surface area contributed by atoms with Crippen LogP contribution in [-0.2, 0) is 0 Å². The van der Waals surface area contributed by atoms with E-state index in [-0.39, 0.29) is 41.8 Å². The fourth-order valence-electron chi connectivity index (χ4n) is 5.81. The fraction of sp³-hybridized carbons (Fsp3) is 0.217. The summed E-state index contributed by atoms with van der Waals surface area (Å²) < 4.78 is 4.19. The van der Waals surface area contributed by atoms with Gasteiger partial charge >= 0.3 is 11.4 Å². The van der Waals surface area contributed by atoms with Crippen LogP contribution in [0.15, 0.2) is 76.3 Å². The van der Waals surface area contributed by atoms with E-state index in [2.05, 4.69) is 0 Å². The molecule has 0 N–H and O–H groups in total. The van der Waals surface area contributed by atoms with Crippen LogP contribution in [0, 0.1) is 11.8 Å². The van der Waals surface area contributed by atoms with E-state index in [1.54, 1.807) is 48.5 Å². The Bertz CT molecular complexity index is 1370. The minimum absolute atomic E-state index is 0.0686. The topological polar surface area (TPSA) is 86.3 Å². The van der Waals surface area contributed by atoms with Gasteiger partial charge in [-0.15, -0.1) is 0 Å². The van der Waals surface area contributed by atoms with Crippen molar-refractivity contribution in [3.8, 4) is 5.69 Å². The molecule has 5 atom stereocenters. The van der Waals surface area contributed by atoms with E-state index in [9.17, 15) is 19.2 Å². The van der Waals surface area contributed by atoms with Gasteiger partial charge < -0.3 is 0 Å². The van der Waals surface area contributed by atoms with E-state index < -0.39 is 11.4 Å². The molecule has 5 aliphatic rings. The SMILES string of the molecule is O=C1c2ccccc2C(=O)N1C1[C@@H]2[C@H]1[C@@H]1C=C[C@H]2n2c(=O)n(-c3ccccc3)c(=O)n21. The Balaban J connectivity index is 1.32. The van der Waals surface area contributed by atoms with Gasteiger partial charge in [0.15, 0.2) is 0 Å². The van der Waals surface area contributed by atoms with Crippen molar-refractivity contribution in [3.63, 3.8) is 0 Å². The lowest BCUT2D eigenvalue weighted by Gasteiger charge is -2.32. The second kappa shape index (κ2) is 5.40. The number of hydrogen-bond acceptors (Lipinski definition) is 4. The maximum Gasteiger partial charge on any atom is 0.352 e. The molecule has 2 amide bonds. The van der Waals surface area contributed by atoms with Crippen molar-refractivity contribution < 1.29 is 9.59 Å². The lowest BCUT2D eigenvalue weighted by Crippen LogP contribution is -2.40. The van der Waals surface area contributed by atoms with Crippen molar-refractivity contribution in [2.45, 2.75) is 18.1 Å². The number of para-hydroxylation sites is 1. The van der Waals surface area contributed by atoms with E-state index in [0.717, 1.165) is 0 Å². The van der Waals surface area contributed by atoms with Crippen molar-refractivity contribution >= 4 is 11.8 Å². The molecule has 8 nitrogen and oxygen atoms in total. The molecular weight excluding hydrogens is 396 g/mol. The van der Waals surface area contributed by atoms with Crippen LogP contribution < -0.4 is 11.4 Å². The second-order valence-corrected chi connectivity index (χ2v) is 8.46. The quantitative estimate of drug-likeness (QED) is 0.470. The number of amides is 2. The molecule has 1 aromatic heterocycles. The summed E-state index contributed by atoms with van der Waals surface area (Å²) in [7, 11) is 0. The molecule has 1 saturated carbocycles. The smallest absolute Gasteiger partial charge is 0.270 e. The van der Waals surface area contributed by atoms with Crippen molar-refractivity contribution in [1.82, 2.24) is 18.8 Å². The maximum absolute atomic E-state index is 13.2. The first-order valence-corrected chi connectivity index (χ1v) is 10.3. The summed E-state index contributed by atoms with van der Waals surface area (Å²) in [5, 5.41) is 0. The summed E-state index contributed by atoms with van der Waals surface area (Å²) in [4.78, 5) is 53.8. The number of carbonyl (C=O) groups is 2. The Kier molecular flexibility index (Phi) is 2.93. The highest BCUT2D eigenvalue weighted by Crippen LogP contribution is 2.61. The average Bonchev–Trinajstić information content (AvgIpc) is 3.43. The predicted octanol–water partition coefficient (Wildman–Crippen LogP) is 1.38. The summed E-state index contributed by atoms with van der Waals surface area (Å²) in [6.07, 6.45) is 3.86. The third kappa shape index (κ3) is 1.86. The summed E-state index contributed by atoms with van der Waals surface area (Å²) in [5.41, 5.74) is 0.556. The van der Waals surface area contributed by atoms with Crippen LogP contribution in [0.1, 0.15) is 32.8 Å². The third-order valence-corrected chi connectivity index (χ3v) is 7.10. The van der Waals surface area contributed by atoms with E-state index in [4.69, 9.17) is 0 Å². The number of nitrogens with zero attached hydrogens (tertiary/aromatic N) is 4. The number of hydrogen-bond donors (Lipinski definition) is 0. The predicted molar refractivity (Wildman–Crippen MR) is 109 cm³/mol. The number of aromatic nitrogens is 3. The molecule has 1 unspecified atom stereocenters. The van der Waals surface area contributed by atoms with E-state index in [1.165, 1.54) is 18.8 Å². The van der Waals surface area contributed by atoms with E-state index >= 15 is 0 Å². The highest BCUT2D eigenvalue weighted by molar-refractivity contribution is 6.21. The Labute approximate surface area is 175 Å². The molecule has 1 fully saturated rings. The molecule has 0 saturated heterocycles. The van der Waals surface area contributed by atoms with Crippen molar-refractivity contribution in [3.05, 3.63) is 98.8 Å². The first-order chi connectivity index (χ1) is 15.1. The van der Waals surface area contributed by atoms with Gasteiger partial charge in [-0.05, 0) is 24.3 Å². The minimum Gasteiger partial charge on any atom is -0.270 e. The van der Waals surface area contributed by atoms with Crippen molar-refractivity contribution in [1.29, 1.82) is 0 Å². The van der Waals surface area contributed by atoms with Crippen LogP contribution in [-0.4, -0.2) is 36.7 Å². The third-order valence-electron chi connectivity index (χ3n) is 7.10. The van der Waals surface area contributed by atoms with Crippen LogP contribution in [0.2, 0.25) is 0 Å². The van der Waals surface area contributed by atoms with E-state index in [0.29, 0.717) is 16.8 Å². The largest absolute Gasteiger partial charge is 0.352 e. The number of imide groups is 1. The number of fused-ring (bicyclic) bond motifs is 1. The van der Waals surface area contributed by atoms with Gasteiger partial charge in [-0.1, -0.05) is 42.5 Å². The highest BCUT2D eigenvalue weighted by Gasteiger charge is 2.68. The summed E-state index contributed by atoms with van der Waals surface area (Å²) in [6.45, 7) is 0. The first-order valence-electron chi connectivity index (χ1n) is 10.3. The van der Waals surface area contributed by atoms with Gasteiger partial charge in [0.1, 0.15) is 0 Å². The van der Waals surface area contributed by atoms with Crippen LogP contribution in [0.5, 0.6) is 0 Å². The second-order valence-electron chi connectivity index (χ2n) is 8.46. The average molecular weight is 412 g/mol. The van der Waals surface area contributed by atoms with Gasteiger partial charge in [0.25, 0.3) is 11.8 Å². The number of rotatable bonds is 2. The summed E-state index contributed by atoms with van der Waals surface area (Å²) in [5.74, 6) is -0.724. The van der Waals surface area contributed by atoms with Crippen molar-refractivity contribution in [2.75, 3.05) is 0 Å². The molecule has 3 aromatic rings. The van der Waals surface area contributed by atoms with Crippen LogP contribution >= 0.6 is 0 Å². The highest BCUT2D eigenvalue weighted by atomic mass is 16.2.